The number of hydrogen-bond acceptors (Lipinski definition) is 6. The number of aryl methyl sites for hydroxylation is 2. The molecule has 1 aliphatic heterocycles. The lowest BCUT2D eigenvalue weighted by Crippen LogP contribution is -2.30. The Balaban J connectivity index is 1.88. The molecule has 1 atom stereocenters. The third-order valence-electron chi connectivity index (χ3n) is 6.05. The molecule has 1 fully saturated rings. The lowest BCUT2D eigenvalue weighted by atomic mass is 9.98. The van der Waals surface area contributed by atoms with Gasteiger partial charge in [0, 0.05) is 17.6 Å². The van der Waals surface area contributed by atoms with Crippen molar-refractivity contribution >= 4 is 16.8 Å². The fourth-order valence-electron chi connectivity index (χ4n) is 4.20. The van der Waals surface area contributed by atoms with Crippen LogP contribution >= 0.6 is 0 Å². The molecular weight excluding hydrogens is 396 g/mol. The van der Waals surface area contributed by atoms with E-state index >= 15 is 0 Å². The number of ketones is 1. The van der Waals surface area contributed by atoms with Crippen LogP contribution in [-0.4, -0.2) is 28.2 Å². The SMILES string of the molecule is CCc1ccc2oc(C(=O)c3c(C)c(C#N)c(=O)n(CC4CCCO4)c3O)c(C)c2c1. The van der Waals surface area contributed by atoms with Crippen molar-refractivity contribution in [2.45, 2.75) is 52.7 Å². The molecule has 0 radical (unpaired) electrons. The molecule has 31 heavy (non-hydrogen) atoms. The first-order chi connectivity index (χ1) is 14.9. The molecule has 3 heterocycles. The van der Waals surface area contributed by atoms with E-state index in [4.69, 9.17) is 9.15 Å². The molecule has 1 saturated heterocycles. The van der Waals surface area contributed by atoms with Crippen LogP contribution in [-0.2, 0) is 17.7 Å². The Morgan fingerprint density at radius 1 is 1.32 bits per heavy atom. The second-order valence-electron chi connectivity index (χ2n) is 7.93. The predicted octanol–water partition coefficient (Wildman–Crippen LogP) is 3.76. The van der Waals surface area contributed by atoms with Crippen LogP contribution in [0.1, 0.15) is 58.1 Å². The first kappa shape index (κ1) is 20.9. The molecule has 0 amide bonds. The third kappa shape index (κ3) is 3.43. The average Bonchev–Trinajstić information content (AvgIpc) is 3.39. The molecule has 2 aromatic heterocycles. The summed E-state index contributed by atoms with van der Waals surface area (Å²) in [5.74, 6) is -0.927. The van der Waals surface area contributed by atoms with Crippen LogP contribution in [0.2, 0.25) is 0 Å². The van der Waals surface area contributed by atoms with E-state index < -0.39 is 17.2 Å². The zero-order chi connectivity index (χ0) is 22.3. The van der Waals surface area contributed by atoms with Gasteiger partial charge in [0.25, 0.3) is 5.56 Å². The second kappa shape index (κ2) is 8.05. The molecule has 0 spiro atoms. The number of furan rings is 1. The minimum Gasteiger partial charge on any atom is -0.494 e. The first-order valence-corrected chi connectivity index (χ1v) is 10.4. The minimum atomic E-state index is -0.626. The predicted molar refractivity (Wildman–Crippen MR) is 115 cm³/mol. The van der Waals surface area contributed by atoms with Crippen LogP contribution < -0.4 is 5.56 Å². The summed E-state index contributed by atoms with van der Waals surface area (Å²) in [6.07, 6.45) is 2.21. The Bertz CT molecular complexity index is 1290. The summed E-state index contributed by atoms with van der Waals surface area (Å²) < 4.78 is 12.5. The normalized spacial score (nSPS) is 16.0. The molecule has 160 valence electrons. The maximum absolute atomic E-state index is 13.5. The molecule has 7 nitrogen and oxygen atoms in total. The Kier molecular flexibility index (Phi) is 5.42. The molecule has 3 aromatic rings. The van der Waals surface area contributed by atoms with Gasteiger partial charge in [-0.25, -0.2) is 0 Å². The fraction of sp³-hybridized carbons (Fsp3) is 0.375. The zero-order valence-corrected chi connectivity index (χ0v) is 17.8. The number of nitrogens with zero attached hydrogens (tertiary/aromatic N) is 2. The monoisotopic (exact) mass is 420 g/mol. The zero-order valence-electron chi connectivity index (χ0n) is 17.8. The smallest absolute Gasteiger partial charge is 0.271 e. The third-order valence-corrected chi connectivity index (χ3v) is 6.05. The van der Waals surface area contributed by atoms with Crippen molar-refractivity contribution in [2.24, 2.45) is 0 Å². The van der Waals surface area contributed by atoms with Gasteiger partial charge in [0.2, 0.25) is 11.7 Å². The van der Waals surface area contributed by atoms with Gasteiger partial charge < -0.3 is 14.3 Å². The van der Waals surface area contributed by atoms with E-state index in [0.29, 0.717) is 17.8 Å². The van der Waals surface area contributed by atoms with E-state index in [0.717, 1.165) is 34.8 Å². The number of benzene rings is 1. The average molecular weight is 420 g/mol. The van der Waals surface area contributed by atoms with Gasteiger partial charge in [0.05, 0.1) is 18.2 Å². The summed E-state index contributed by atoms with van der Waals surface area (Å²) in [6, 6.07) is 7.64. The van der Waals surface area contributed by atoms with Crippen LogP contribution in [0.25, 0.3) is 11.0 Å². The number of nitriles is 1. The highest BCUT2D eigenvalue weighted by atomic mass is 16.5. The number of rotatable bonds is 5. The van der Waals surface area contributed by atoms with Gasteiger partial charge in [-0.2, -0.15) is 5.26 Å². The van der Waals surface area contributed by atoms with Gasteiger partial charge in [-0.05, 0) is 56.4 Å². The molecule has 1 unspecified atom stereocenters. The Labute approximate surface area is 179 Å². The first-order valence-electron chi connectivity index (χ1n) is 10.4. The van der Waals surface area contributed by atoms with E-state index in [-0.39, 0.29) is 35.1 Å². The van der Waals surface area contributed by atoms with Crippen molar-refractivity contribution in [3.63, 3.8) is 0 Å². The van der Waals surface area contributed by atoms with E-state index in [9.17, 15) is 20.0 Å². The summed E-state index contributed by atoms with van der Waals surface area (Å²) >= 11 is 0. The number of carbonyl (C=O) groups excluding carboxylic acids is 1. The number of fused-ring (bicyclic) bond motifs is 1. The van der Waals surface area contributed by atoms with Gasteiger partial charge in [-0.1, -0.05) is 13.0 Å². The molecular formula is C24H24N2O5. The Morgan fingerprint density at radius 3 is 2.74 bits per heavy atom. The number of pyridine rings is 1. The summed E-state index contributed by atoms with van der Waals surface area (Å²) in [7, 11) is 0. The molecule has 0 saturated carbocycles. The van der Waals surface area contributed by atoms with Crippen LogP contribution in [0.5, 0.6) is 5.88 Å². The lowest BCUT2D eigenvalue weighted by molar-refractivity contribution is 0.0926. The molecule has 1 aliphatic rings. The highest BCUT2D eigenvalue weighted by Gasteiger charge is 2.30. The van der Waals surface area contributed by atoms with E-state index in [1.807, 2.05) is 31.2 Å². The summed E-state index contributed by atoms with van der Waals surface area (Å²) in [5, 5.41) is 21.3. The summed E-state index contributed by atoms with van der Waals surface area (Å²) in [6.45, 7) is 6.00. The highest BCUT2D eigenvalue weighted by molar-refractivity contribution is 6.12. The molecule has 1 aromatic carbocycles. The van der Waals surface area contributed by atoms with Crippen LogP contribution in [0.15, 0.2) is 27.4 Å². The van der Waals surface area contributed by atoms with Crippen molar-refractivity contribution in [1.82, 2.24) is 4.57 Å². The standard InChI is InChI=1S/C24H24N2O5/c1-4-15-7-8-19-17(10-15)14(3)22(31-19)21(27)20-13(2)18(11-25)23(28)26(24(20)29)12-16-6-5-9-30-16/h7-8,10,16,29H,4-6,9,12H2,1-3H3. The van der Waals surface area contributed by atoms with Gasteiger partial charge in [-0.15, -0.1) is 0 Å². The lowest BCUT2D eigenvalue weighted by Gasteiger charge is -2.17. The van der Waals surface area contributed by atoms with Crippen molar-refractivity contribution < 1.29 is 19.1 Å². The maximum Gasteiger partial charge on any atom is 0.271 e. The topological polar surface area (TPSA) is 105 Å². The van der Waals surface area contributed by atoms with E-state index in [1.54, 1.807) is 6.92 Å². The van der Waals surface area contributed by atoms with E-state index in [2.05, 4.69) is 0 Å². The number of carbonyl (C=O) groups is 1. The molecule has 7 heteroatoms. The minimum absolute atomic E-state index is 0.0822. The number of ether oxygens (including phenoxy) is 1. The quantitative estimate of drug-likeness (QED) is 0.630. The maximum atomic E-state index is 13.5. The number of aromatic hydroxyl groups is 1. The van der Waals surface area contributed by atoms with Crippen molar-refractivity contribution in [3.8, 4) is 11.9 Å². The Hall–Kier alpha value is -3.37. The molecule has 0 aliphatic carbocycles. The van der Waals surface area contributed by atoms with Gasteiger partial charge >= 0.3 is 0 Å². The van der Waals surface area contributed by atoms with Crippen LogP contribution in [0.3, 0.4) is 0 Å². The van der Waals surface area contributed by atoms with Gasteiger partial charge in [-0.3, -0.25) is 14.2 Å². The summed E-state index contributed by atoms with van der Waals surface area (Å²) in [5.41, 5.74) is 1.61. The van der Waals surface area contributed by atoms with Crippen LogP contribution in [0, 0.1) is 25.2 Å². The fourth-order valence-corrected chi connectivity index (χ4v) is 4.20. The van der Waals surface area contributed by atoms with Gasteiger partial charge in [0.1, 0.15) is 17.2 Å². The van der Waals surface area contributed by atoms with Crippen molar-refractivity contribution in [2.75, 3.05) is 6.61 Å². The number of aromatic nitrogens is 1. The van der Waals surface area contributed by atoms with Crippen molar-refractivity contribution in [3.05, 3.63) is 62.1 Å². The van der Waals surface area contributed by atoms with Crippen molar-refractivity contribution in [1.29, 1.82) is 5.26 Å². The molecule has 1 N–H and O–H groups in total. The van der Waals surface area contributed by atoms with Gasteiger partial charge in [0.15, 0.2) is 5.76 Å². The second-order valence-corrected chi connectivity index (χ2v) is 7.93. The summed E-state index contributed by atoms with van der Waals surface area (Å²) in [4.78, 5) is 26.3. The Morgan fingerprint density at radius 2 is 2.10 bits per heavy atom. The highest BCUT2D eigenvalue weighted by Crippen LogP contribution is 2.32. The molecule has 4 rings (SSSR count). The van der Waals surface area contributed by atoms with Crippen LogP contribution in [0.4, 0.5) is 0 Å². The van der Waals surface area contributed by atoms with E-state index in [1.165, 1.54) is 6.92 Å². The largest absolute Gasteiger partial charge is 0.494 e. The molecule has 0 bridgehead atoms. The number of hydrogen-bond donors (Lipinski definition) is 1.